The Balaban J connectivity index is 2.77. The monoisotopic (exact) mass is 294 g/mol. The van der Waals surface area contributed by atoms with Gasteiger partial charge in [0.05, 0.1) is 15.3 Å². The number of halogens is 1. The summed E-state index contributed by atoms with van der Waals surface area (Å²) in [6.45, 7) is 2.74. The van der Waals surface area contributed by atoms with Crippen LogP contribution in [0, 0.1) is 0 Å². The highest BCUT2D eigenvalue weighted by molar-refractivity contribution is 14.1. The van der Waals surface area contributed by atoms with Gasteiger partial charge in [0, 0.05) is 0 Å². The highest BCUT2D eigenvalue weighted by atomic mass is 127. The van der Waals surface area contributed by atoms with E-state index in [4.69, 9.17) is 4.74 Å². The van der Waals surface area contributed by atoms with Gasteiger partial charge in [-0.05, 0) is 19.1 Å². The lowest BCUT2D eigenvalue weighted by Gasteiger charge is -2.07. The molecule has 1 nitrogen and oxygen atoms in total. The van der Waals surface area contributed by atoms with Crippen LogP contribution in [-0.4, -0.2) is 10.4 Å². The van der Waals surface area contributed by atoms with E-state index in [1.165, 1.54) is 4.90 Å². The van der Waals surface area contributed by atoms with Crippen LogP contribution in [0.1, 0.15) is 6.92 Å². The number of alkyl halides is 1. The van der Waals surface area contributed by atoms with Crippen molar-refractivity contribution in [2.24, 2.45) is 0 Å². The van der Waals surface area contributed by atoms with E-state index in [1.54, 1.807) is 11.8 Å². The van der Waals surface area contributed by atoms with Gasteiger partial charge in [0.1, 0.15) is 5.75 Å². The number of thioether (sulfide) groups is 1. The molecule has 0 aliphatic heterocycles. The molecule has 0 atom stereocenters. The lowest BCUT2D eigenvalue weighted by molar-refractivity contribution is 0.332. The average Bonchev–Trinajstić information content (AvgIpc) is 2.09. The molecule has 0 bridgehead atoms. The molecule has 1 aromatic rings. The molecule has 1 rings (SSSR count). The van der Waals surface area contributed by atoms with Gasteiger partial charge in [0.25, 0.3) is 0 Å². The van der Waals surface area contributed by atoms with Crippen LogP contribution in [-0.2, 0) is 0 Å². The summed E-state index contributed by atoms with van der Waals surface area (Å²) in [7, 11) is 0. The lowest BCUT2D eigenvalue weighted by atomic mass is 10.3. The van der Waals surface area contributed by atoms with Crippen molar-refractivity contribution in [2.75, 3.05) is 10.4 Å². The molecule has 0 spiro atoms. The molecule has 0 aliphatic carbocycles. The van der Waals surface area contributed by atoms with Crippen LogP contribution in [0.15, 0.2) is 29.2 Å². The van der Waals surface area contributed by atoms with Crippen LogP contribution >= 0.6 is 34.4 Å². The second-order valence-electron chi connectivity index (χ2n) is 2.13. The number of hydrogen-bond acceptors (Lipinski definition) is 2. The Labute approximate surface area is 91.0 Å². The molecule has 3 heteroatoms. The molecule has 0 N–H and O–H groups in total. The fraction of sp³-hybridized carbons (Fsp3) is 0.333. The van der Waals surface area contributed by atoms with Crippen molar-refractivity contribution in [3.63, 3.8) is 0 Å². The van der Waals surface area contributed by atoms with Gasteiger partial charge in [0.15, 0.2) is 0 Å². The number of hydrogen-bond donors (Lipinski definition) is 0. The molecule has 0 fully saturated rings. The van der Waals surface area contributed by atoms with Crippen LogP contribution in [0.4, 0.5) is 0 Å². The minimum Gasteiger partial charge on any atom is -0.493 e. The van der Waals surface area contributed by atoms with E-state index < -0.39 is 0 Å². The summed E-state index contributed by atoms with van der Waals surface area (Å²) in [5, 5.41) is 0. The molecular formula is C9H11IOS. The summed E-state index contributed by atoms with van der Waals surface area (Å²) in [4.78, 5) is 1.23. The normalized spacial score (nSPS) is 9.83. The third-order valence-corrected chi connectivity index (χ3v) is 3.05. The smallest absolute Gasteiger partial charge is 0.132 e. The SMILES string of the molecule is CCOc1ccccc1SCI. The first-order chi connectivity index (χ1) is 5.88. The first kappa shape index (κ1) is 10.2. The van der Waals surface area contributed by atoms with Gasteiger partial charge in [-0.1, -0.05) is 34.7 Å². The molecule has 0 amide bonds. The minimum absolute atomic E-state index is 0.735. The van der Waals surface area contributed by atoms with Crippen molar-refractivity contribution in [1.29, 1.82) is 0 Å². The second-order valence-corrected chi connectivity index (χ2v) is 4.95. The van der Waals surface area contributed by atoms with E-state index in [9.17, 15) is 0 Å². The third-order valence-electron chi connectivity index (χ3n) is 1.36. The first-order valence-electron chi connectivity index (χ1n) is 3.79. The van der Waals surface area contributed by atoms with Gasteiger partial charge in [-0.25, -0.2) is 0 Å². The summed E-state index contributed by atoms with van der Waals surface area (Å²) in [6.07, 6.45) is 0. The Bertz CT molecular complexity index is 215. The van der Waals surface area contributed by atoms with Crippen LogP contribution in [0.25, 0.3) is 0 Å². The van der Waals surface area contributed by atoms with Crippen molar-refractivity contribution in [1.82, 2.24) is 0 Å². The number of benzene rings is 1. The van der Waals surface area contributed by atoms with E-state index in [1.807, 2.05) is 25.1 Å². The highest BCUT2D eigenvalue weighted by Gasteiger charge is 2.00. The molecule has 0 saturated carbocycles. The summed E-state index contributed by atoms with van der Waals surface area (Å²) >= 11 is 4.15. The van der Waals surface area contributed by atoms with Gasteiger partial charge < -0.3 is 4.74 Å². The molecular weight excluding hydrogens is 283 g/mol. The predicted octanol–water partition coefficient (Wildman–Crippen LogP) is 3.57. The molecule has 0 aliphatic rings. The van der Waals surface area contributed by atoms with E-state index >= 15 is 0 Å². The Morgan fingerprint density at radius 1 is 1.42 bits per heavy atom. The van der Waals surface area contributed by atoms with Crippen molar-refractivity contribution < 1.29 is 4.74 Å². The van der Waals surface area contributed by atoms with Gasteiger partial charge in [-0.3, -0.25) is 0 Å². The maximum Gasteiger partial charge on any atom is 0.132 e. The first-order valence-corrected chi connectivity index (χ1v) is 6.30. The summed E-state index contributed by atoms with van der Waals surface area (Å²) in [5.74, 6) is 1.00. The molecule has 0 aromatic heterocycles. The van der Waals surface area contributed by atoms with Gasteiger partial charge in [0.2, 0.25) is 0 Å². The van der Waals surface area contributed by atoms with Crippen LogP contribution in [0.5, 0.6) is 5.75 Å². The van der Waals surface area contributed by atoms with Gasteiger partial charge in [-0.2, -0.15) is 0 Å². The summed E-state index contributed by atoms with van der Waals surface area (Å²) in [5.41, 5.74) is 0. The molecule has 0 heterocycles. The van der Waals surface area contributed by atoms with Gasteiger partial charge in [-0.15, -0.1) is 11.8 Å². The summed E-state index contributed by atoms with van der Waals surface area (Å²) in [6, 6.07) is 8.14. The Morgan fingerprint density at radius 2 is 2.17 bits per heavy atom. The number of rotatable bonds is 4. The minimum atomic E-state index is 0.735. The van der Waals surface area contributed by atoms with E-state index in [0.717, 1.165) is 16.1 Å². The maximum absolute atomic E-state index is 5.47. The fourth-order valence-electron chi connectivity index (χ4n) is 0.903. The summed E-state index contributed by atoms with van der Waals surface area (Å²) < 4.78 is 6.52. The fourth-order valence-corrected chi connectivity index (χ4v) is 2.47. The molecule has 1 aromatic carbocycles. The van der Waals surface area contributed by atoms with Crippen molar-refractivity contribution in [3.8, 4) is 5.75 Å². The van der Waals surface area contributed by atoms with Gasteiger partial charge >= 0.3 is 0 Å². The van der Waals surface area contributed by atoms with Crippen LogP contribution in [0.3, 0.4) is 0 Å². The molecule has 0 unspecified atom stereocenters. The maximum atomic E-state index is 5.47. The molecule has 0 saturated heterocycles. The van der Waals surface area contributed by atoms with E-state index in [0.29, 0.717) is 0 Å². The van der Waals surface area contributed by atoms with Crippen molar-refractivity contribution in [2.45, 2.75) is 11.8 Å². The zero-order chi connectivity index (χ0) is 8.81. The van der Waals surface area contributed by atoms with E-state index in [2.05, 4.69) is 28.7 Å². The zero-order valence-electron chi connectivity index (χ0n) is 6.92. The van der Waals surface area contributed by atoms with Crippen LogP contribution < -0.4 is 4.74 Å². The predicted molar refractivity (Wildman–Crippen MR) is 62.4 cm³/mol. The largest absolute Gasteiger partial charge is 0.493 e. The Kier molecular flexibility index (Phi) is 4.83. The lowest BCUT2D eigenvalue weighted by Crippen LogP contribution is -1.92. The number of para-hydroxylation sites is 1. The van der Waals surface area contributed by atoms with Crippen molar-refractivity contribution in [3.05, 3.63) is 24.3 Å². The molecule has 66 valence electrons. The highest BCUT2D eigenvalue weighted by Crippen LogP contribution is 2.29. The van der Waals surface area contributed by atoms with Crippen molar-refractivity contribution >= 4 is 34.4 Å². The average molecular weight is 294 g/mol. The Hall–Kier alpha value is 0.1000. The van der Waals surface area contributed by atoms with E-state index in [-0.39, 0.29) is 0 Å². The zero-order valence-corrected chi connectivity index (χ0v) is 9.89. The second kappa shape index (κ2) is 5.70. The standard InChI is InChI=1S/C9H11IOS/c1-2-11-8-5-3-4-6-9(8)12-7-10/h3-6H,2,7H2,1H3. The molecule has 12 heavy (non-hydrogen) atoms. The van der Waals surface area contributed by atoms with Crippen LogP contribution in [0.2, 0.25) is 0 Å². The third kappa shape index (κ3) is 2.86. The topological polar surface area (TPSA) is 9.23 Å². The Morgan fingerprint density at radius 3 is 2.83 bits per heavy atom. The number of ether oxygens (including phenoxy) is 1. The molecule has 0 radical (unpaired) electrons. The quantitative estimate of drug-likeness (QED) is 0.477.